The first kappa shape index (κ1) is 10.8. The van der Waals surface area contributed by atoms with Gasteiger partial charge in [-0.05, 0) is 11.6 Å². The molecule has 1 N–H and O–H groups in total. The summed E-state index contributed by atoms with van der Waals surface area (Å²) >= 11 is 3.47. The second-order valence-electron chi connectivity index (χ2n) is 3.44. The van der Waals surface area contributed by atoms with E-state index < -0.39 is 0 Å². The van der Waals surface area contributed by atoms with Crippen molar-refractivity contribution in [3.8, 4) is 0 Å². The summed E-state index contributed by atoms with van der Waals surface area (Å²) in [5, 5.41) is 3.34. The number of aldehydes is 1. The first-order valence-electron chi connectivity index (χ1n) is 4.87. The second kappa shape index (κ2) is 4.88. The van der Waals surface area contributed by atoms with Crippen LogP contribution in [0.15, 0.2) is 22.7 Å². The summed E-state index contributed by atoms with van der Waals surface area (Å²) in [7, 11) is 0. The fourth-order valence-corrected chi connectivity index (χ4v) is 2.43. The maximum absolute atomic E-state index is 10.9. The zero-order chi connectivity index (χ0) is 10.7. The summed E-state index contributed by atoms with van der Waals surface area (Å²) in [6.07, 6.45) is 0.885. The molecule has 1 atom stereocenters. The molecule has 1 aliphatic rings. The third-order valence-corrected chi connectivity index (χ3v) is 3.18. The molecule has 3 nitrogen and oxygen atoms in total. The number of halogens is 1. The van der Waals surface area contributed by atoms with Gasteiger partial charge in [0.1, 0.15) is 6.29 Å². The normalized spacial score (nSPS) is 21.3. The number of morpholine rings is 1. The lowest BCUT2D eigenvalue weighted by molar-refractivity contribution is 0.0763. The maximum Gasteiger partial charge on any atom is 0.150 e. The van der Waals surface area contributed by atoms with Crippen molar-refractivity contribution in [2.45, 2.75) is 6.04 Å². The van der Waals surface area contributed by atoms with Crippen molar-refractivity contribution in [1.82, 2.24) is 5.32 Å². The van der Waals surface area contributed by atoms with E-state index in [4.69, 9.17) is 4.74 Å². The highest BCUT2D eigenvalue weighted by atomic mass is 79.9. The van der Waals surface area contributed by atoms with Gasteiger partial charge >= 0.3 is 0 Å². The minimum Gasteiger partial charge on any atom is -0.378 e. The molecule has 1 aliphatic heterocycles. The minimum absolute atomic E-state index is 0.106. The van der Waals surface area contributed by atoms with Gasteiger partial charge in [-0.15, -0.1) is 0 Å². The number of hydrogen-bond donors (Lipinski definition) is 1. The zero-order valence-electron chi connectivity index (χ0n) is 8.20. The number of carbonyl (C=O) groups is 1. The van der Waals surface area contributed by atoms with E-state index in [0.29, 0.717) is 12.2 Å². The van der Waals surface area contributed by atoms with E-state index in [1.54, 1.807) is 0 Å². The number of nitrogens with one attached hydrogen (secondary N) is 1. The Morgan fingerprint density at radius 2 is 2.40 bits per heavy atom. The van der Waals surface area contributed by atoms with E-state index >= 15 is 0 Å². The van der Waals surface area contributed by atoms with Crippen molar-refractivity contribution in [3.63, 3.8) is 0 Å². The molecular weight excluding hydrogens is 258 g/mol. The molecule has 1 unspecified atom stereocenters. The summed E-state index contributed by atoms with van der Waals surface area (Å²) in [5.41, 5.74) is 1.71. The maximum atomic E-state index is 10.9. The van der Waals surface area contributed by atoms with E-state index in [-0.39, 0.29) is 6.04 Å². The van der Waals surface area contributed by atoms with Crippen LogP contribution in [0.3, 0.4) is 0 Å². The predicted molar refractivity (Wildman–Crippen MR) is 61.1 cm³/mol. The highest BCUT2D eigenvalue weighted by Gasteiger charge is 2.20. The van der Waals surface area contributed by atoms with Crippen LogP contribution in [-0.4, -0.2) is 26.0 Å². The Labute approximate surface area is 96.9 Å². The number of rotatable bonds is 2. The van der Waals surface area contributed by atoms with Gasteiger partial charge in [0.15, 0.2) is 0 Å². The fraction of sp³-hybridized carbons (Fsp3) is 0.364. The van der Waals surface area contributed by atoms with Gasteiger partial charge < -0.3 is 10.1 Å². The molecule has 0 bridgehead atoms. The summed E-state index contributed by atoms with van der Waals surface area (Å²) in [4.78, 5) is 10.9. The van der Waals surface area contributed by atoms with Crippen LogP contribution in [0.2, 0.25) is 0 Å². The molecule has 0 aliphatic carbocycles. The molecule has 1 fully saturated rings. The lowest BCUT2D eigenvalue weighted by Crippen LogP contribution is -2.35. The Hall–Kier alpha value is -0.710. The van der Waals surface area contributed by atoms with Gasteiger partial charge in [-0.1, -0.05) is 28.1 Å². The van der Waals surface area contributed by atoms with Gasteiger partial charge in [0, 0.05) is 16.6 Å². The van der Waals surface area contributed by atoms with Crippen LogP contribution in [-0.2, 0) is 4.74 Å². The highest BCUT2D eigenvalue weighted by Crippen LogP contribution is 2.27. The number of carbonyl (C=O) groups excluding carboxylic acids is 1. The van der Waals surface area contributed by atoms with Gasteiger partial charge in [-0.25, -0.2) is 0 Å². The number of benzene rings is 1. The molecule has 80 valence electrons. The van der Waals surface area contributed by atoms with Gasteiger partial charge in [0.05, 0.1) is 19.3 Å². The van der Waals surface area contributed by atoms with E-state index in [0.717, 1.165) is 29.5 Å². The van der Waals surface area contributed by atoms with Crippen molar-refractivity contribution < 1.29 is 9.53 Å². The molecule has 1 saturated heterocycles. The van der Waals surface area contributed by atoms with Crippen LogP contribution in [0.1, 0.15) is 22.0 Å². The van der Waals surface area contributed by atoms with E-state index in [1.165, 1.54) is 0 Å². The molecule has 2 rings (SSSR count). The fourth-order valence-electron chi connectivity index (χ4n) is 1.77. The molecule has 0 saturated carbocycles. The SMILES string of the molecule is O=Cc1cccc(Br)c1C1COCCN1. The van der Waals surface area contributed by atoms with Gasteiger partial charge in [-0.2, -0.15) is 0 Å². The van der Waals surface area contributed by atoms with Crippen LogP contribution < -0.4 is 5.32 Å². The first-order valence-corrected chi connectivity index (χ1v) is 5.67. The average Bonchev–Trinajstić information content (AvgIpc) is 2.29. The standard InChI is InChI=1S/C11H12BrNO2/c12-9-3-1-2-8(6-14)11(9)10-7-15-5-4-13-10/h1-3,6,10,13H,4-5,7H2. The van der Waals surface area contributed by atoms with Crippen LogP contribution in [0.5, 0.6) is 0 Å². The first-order chi connectivity index (χ1) is 7.33. The van der Waals surface area contributed by atoms with Gasteiger partial charge in [0.2, 0.25) is 0 Å². The van der Waals surface area contributed by atoms with Crippen molar-refractivity contribution in [3.05, 3.63) is 33.8 Å². The molecule has 15 heavy (non-hydrogen) atoms. The molecule has 0 spiro atoms. The summed E-state index contributed by atoms with van der Waals surface area (Å²) in [6.45, 7) is 2.17. The monoisotopic (exact) mass is 269 g/mol. The molecule has 1 aromatic rings. The number of hydrogen-bond acceptors (Lipinski definition) is 3. The third kappa shape index (κ3) is 2.27. The molecular formula is C11H12BrNO2. The van der Waals surface area contributed by atoms with Gasteiger partial charge in [-0.3, -0.25) is 4.79 Å². The molecule has 0 amide bonds. The molecule has 1 heterocycles. The smallest absolute Gasteiger partial charge is 0.150 e. The largest absolute Gasteiger partial charge is 0.378 e. The Morgan fingerprint density at radius 1 is 1.53 bits per heavy atom. The van der Waals surface area contributed by atoms with Crippen LogP contribution in [0.4, 0.5) is 0 Å². The predicted octanol–water partition coefficient (Wildman–Crippen LogP) is 1.92. The Balaban J connectivity index is 2.35. The molecule has 0 radical (unpaired) electrons. The summed E-state index contributed by atoms with van der Waals surface area (Å²) < 4.78 is 6.35. The molecule has 0 aromatic heterocycles. The summed E-state index contributed by atoms with van der Waals surface area (Å²) in [5.74, 6) is 0. The van der Waals surface area contributed by atoms with Crippen LogP contribution in [0, 0.1) is 0 Å². The Kier molecular flexibility index (Phi) is 3.51. The summed E-state index contributed by atoms with van der Waals surface area (Å²) in [6, 6.07) is 5.73. The van der Waals surface area contributed by atoms with E-state index in [2.05, 4.69) is 21.2 Å². The van der Waals surface area contributed by atoms with Crippen molar-refractivity contribution in [2.24, 2.45) is 0 Å². The van der Waals surface area contributed by atoms with Crippen molar-refractivity contribution in [2.75, 3.05) is 19.8 Å². The lowest BCUT2D eigenvalue weighted by Gasteiger charge is -2.26. The van der Waals surface area contributed by atoms with Crippen LogP contribution in [0.25, 0.3) is 0 Å². The second-order valence-corrected chi connectivity index (χ2v) is 4.30. The number of ether oxygens (including phenoxy) is 1. The van der Waals surface area contributed by atoms with E-state index in [1.807, 2.05) is 18.2 Å². The van der Waals surface area contributed by atoms with Crippen molar-refractivity contribution in [1.29, 1.82) is 0 Å². The van der Waals surface area contributed by atoms with E-state index in [9.17, 15) is 4.79 Å². The Morgan fingerprint density at radius 3 is 3.07 bits per heavy atom. The Bertz CT molecular complexity index is 362. The topological polar surface area (TPSA) is 38.3 Å². The van der Waals surface area contributed by atoms with Crippen molar-refractivity contribution >= 4 is 22.2 Å². The zero-order valence-corrected chi connectivity index (χ0v) is 9.79. The molecule has 4 heteroatoms. The highest BCUT2D eigenvalue weighted by molar-refractivity contribution is 9.10. The third-order valence-electron chi connectivity index (χ3n) is 2.48. The van der Waals surface area contributed by atoms with Crippen LogP contribution >= 0.6 is 15.9 Å². The van der Waals surface area contributed by atoms with Gasteiger partial charge in [0.25, 0.3) is 0 Å². The molecule has 1 aromatic carbocycles. The quantitative estimate of drug-likeness (QED) is 0.834. The average molecular weight is 270 g/mol. The minimum atomic E-state index is 0.106. The lowest BCUT2D eigenvalue weighted by atomic mass is 10.0.